The summed E-state index contributed by atoms with van der Waals surface area (Å²) >= 11 is 0. The third-order valence-electron chi connectivity index (χ3n) is 41.7. The fraction of sp³-hybridized carbons (Fsp3) is 1.00. The highest BCUT2D eigenvalue weighted by molar-refractivity contribution is 5.12. The maximum Gasteiger partial charge on any atom is 0.0690 e. The van der Waals surface area contributed by atoms with Gasteiger partial charge in [0.1, 0.15) is 0 Å². The second-order valence-corrected chi connectivity index (χ2v) is 50.7. The molecule has 10 nitrogen and oxygen atoms in total. The molecule has 128 heavy (non-hydrogen) atoms. The number of ether oxygens (including phenoxy) is 10. The van der Waals surface area contributed by atoms with Gasteiger partial charge in [-0.15, -0.1) is 0 Å². The minimum absolute atomic E-state index is 0.351. The Bertz CT molecular complexity index is 2960. The topological polar surface area (TPSA) is 92.3 Å². The predicted molar refractivity (Wildman–Crippen MR) is 531 cm³/mol. The van der Waals surface area contributed by atoms with Crippen molar-refractivity contribution in [3.63, 3.8) is 0 Å². The van der Waals surface area contributed by atoms with Gasteiger partial charge in [0.05, 0.1) is 42.7 Å². The molecule has 27 fully saturated rings. The molecule has 0 amide bonds. The Kier molecular flexibility index (Phi) is 40.5. The lowest BCUT2D eigenvalue weighted by molar-refractivity contribution is -0.159. The first-order valence-electron chi connectivity index (χ1n) is 58.1. The molecular weight excluding hydrogens is 1580 g/mol. The highest BCUT2D eigenvalue weighted by Crippen LogP contribution is 2.67. The van der Waals surface area contributed by atoms with Crippen LogP contribution < -0.4 is 0 Å². The molecule has 27 saturated carbocycles. The Morgan fingerprint density at radius 2 is 0.789 bits per heavy atom. The van der Waals surface area contributed by atoms with Gasteiger partial charge in [-0.25, -0.2) is 0 Å². The lowest BCUT2D eigenvalue weighted by Gasteiger charge is -2.56. The Labute approximate surface area is 790 Å². The van der Waals surface area contributed by atoms with Gasteiger partial charge >= 0.3 is 0 Å². The summed E-state index contributed by atoms with van der Waals surface area (Å²) in [5.74, 6) is 29.2. The van der Waals surface area contributed by atoms with Crippen molar-refractivity contribution in [1.29, 1.82) is 0 Å². The molecule has 0 N–H and O–H groups in total. The SMILES string of the molecule is CCOC12CC3CC(CC(C3)C1)C2.CCOC1C2CC3CC(C2)CC1C3.CCOC1CC(C)CCC1C(C)C.CCOC1CC2CCC1(C)C2(C)C.CCOC1CC2CCC1C2.CCOC1CCCC(C2CCCCC2)C1.CCOCC12CC3CC(CC(C3)C1)C2.CCOCC1C2CC3CC(C2)CC1C3.CCOCC1CC2CCC1C2.CCOCCC1CC2CCC1C2. The smallest absolute Gasteiger partial charge is 0.0690 e. The molecule has 0 radical (unpaired) electrons. The van der Waals surface area contributed by atoms with Crippen molar-refractivity contribution in [2.24, 2.45) is 188 Å². The molecule has 0 heterocycles. The zero-order valence-corrected chi connectivity index (χ0v) is 87.0. The second-order valence-electron chi connectivity index (χ2n) is 50.7. The minimum atomic E-state index is 0.351. The van der Waals surface area contributed by atoms with E-state index >= 15 is 0 Å². The summed E-state index contributed by atoms with van der Waals surface area (Å²) < 4.78 is 57.4. The van der Waals surface area contributed by atoms with Crippen LogP contribution in [0, 0.1) is 188 Å². The van der Waals surface area contributed by atoms with Gasteiger partial charge in [-0.05, 0) is 520 Å². The summed E-state index contributed by atoms with van der Waals surface area (Å²) in [6, 6.07) is 0. The Balaban J connectivity index is 0.000000115. The average Bonchev–Trinajstić information content (AvgIpc) is 1.55. The van der Waals surface area contributed by atoms with Crippen molar-refractivity contribution in [2.45, 2.75) is 468 Å². The van der Waals surface area contributed by atoms with Gasteiger partial charge in [0.2, 0.25) is 0 Å². The summed E-state index contributed by atoms with van der Waals surface area (Å²) in [5.41, 5.74) is 1.94. The van der Waals surface area contributed by atoms with Gasteiger partial charge in [0.25, 0.3) is 0 Å². The van der Waals surface area contributed by atoms with Gasteiger partial charge in [-0.2, -0.15) is 0 Å². The molecule has 0 aromatic carbocycles. The highest BCUT2D eigenvalue weighted by Gasteiger charge is 2.62. The first-order chi connectivity index (χ1) is 62.1. The molecule has 0 spiro atoms. The van der Waals surface area contributed by atoms with Crippen LogP contribution >= 0.6 is 0 Å². The fourth-order valence-electron chi connectivity index (χ4n) is 36.5. The maximum atomic E-state index is 6.04. The Morgan fingerprint density at radius 3 is 1.25 bits per heavy atom. The summed E-state index contributed by atoms with van der Waals surface area (Å²) in [7, 11) is 0. The van der Waals surface area contributed by atoms with Gasteiger partial charge in [-0.1, -0.05) is 99.3 Å². The third-order valence-corrected chi connectivity index (χ3v) is 41.7. The Morgan fingerprint density at radius 1 is 0.312 bits per heavy atom. The normalized spacial score (nSPS) is 44.8. The summed E-state index contributed by atoms with van der Waals surface area (Å²) in [6.07, 6.45) is 76.2. The number of fused-ring (bicyclic) bond motifs is 8. The summed E-state index contributed by atoms with van der Waals surface area (Å²) in [4.78, 5) is 0. The van der Waals surface area contributed by atoms with Crippen LogP contribution in [-0.4, -0.2) is 129 Å². The highest BCUT2D eigenvalue weighted by atomic mass is 16.5. The van der Waals surface area contributed by atoms with E-state index in [0.29, 0.717) is 52.4 Å². The monoisotopic (exact) mass is 1790 g/mol. The average molecular weight is 1790 g/mol. The standard InChI is InChI=1S/C14H26O.2C13H22O.2C12H20O.C12H22O.C12H24O.C11H20O.C10H18O.C9H16O/c1-2-15-14-10-6-9-13(11-14)12-7-4-3-5-8-12;1-2-14-9-13-6-10-3-11(7-13)5-12(4-10)8-13;1-2-14-8-13-11-4-9-3-10(6-11)7-12(13)5-9;1-2-13-12-6-9-3-10(7-12)5-11(4-9)8-12;1-2-13-12-10-4-8-3-9(6-10)7-11(12)5-8;1-5-13-10-8-9-6-7-12(10,4)11(9,2)3;1-5-13-12-8-10(4)6-7-11(12)9(2)3;1-2-12-6-5-11-8-9-3-4-10(11)7-9;1-2-11-7-10-6-8-3-4-9(10)5-8;1-2-10-9-6-7-3-4-8(9)5-7/h12-14H,2-11H2,1H3;10-12H,2-9H2,1H3;9-13H,2-8H2,1H3;9-11H,2-8H2,1H3;8-12H,2-7H2,1H3;9-10H,5-8H2,1-4H3;9-12H,5-8H2,1-4H3;9-11H,2-8H2,1H3;8-10H,2-7H2,1H3;7-9H,2-6H2,1H3. The van der Waals surface area contributed by atoms with E-state index in [1.807, 2.05) is 0 Å². The van der Waals surface area contributed by atoms with Crippen LogP contribution in [-0.2, 0) is 47.4 Å². The van der Waals surface area contributed by atoms with E-state index in [2.05, 4.69) is 111 Å². The second kappa shape index (κ2) is 50.1. The van der Waals surface area contributed by atoms with E-state index in [0.717, 1.165) is 264 Å². The van der Waals surface area contributed by atoms with E-state index in [4.69, 9.17) is 47.4 Å². The molecule has 0 aromatic rings. The van der Waals surface area contributed by atoms with Gasteiger partial charge < -0.3 is 47.4 Å². The van der Waals surface area contributed by atoms with Crippen LogP contribution in [0.2, 0.25) is 0 Å². The van der Waals surface area contributed by atoms with E-state index in [1.54, 1.807) is 32.1 Å². The zero-order chi connectivity index (χ0) is 90.0. The van der Waals surface area contributed by atoms with Gasteiger partial charge in [0.15, 0.2) is 0 Å². The minimum Gasteiger partial charge on any atom is -0.382 e. The lowest BCUT2D eigenvalue weighted by atomic mass is 9.50. The van der Waals surface area contributed by atoms with Crippen LogP contribution in [0.15, 0.2) is 0 Å². The first-order valence-corrected chi connectivity index (χ1v) is 58.1. The molecule has 27 aliphatic carbocycles. The summed E-state index contributed by atoms with van der Waals surface area (Å²) in [6.45, 7) is 48.7. The van der Waals surface area contributed by atoms with Crippen molar-refractivity contribution in [1.82, 2.24) is 0 Å². The number of rotatable bonds is 27. The molecule has 0 aliphatic heterocycles. The number of hydrogen-bond acceptors (Lipinski definition) is 10. The van der Waals surface area contributed by atoms with Gasteiger partial charge in [0, 0.05) is 85.9 Å². The van der Waals surface area contributed by atoms with Crippen LogP contribution in [0.3, 0.4) is 0 Å². The predicted octanol–water partition coefficient (Wildman–Crippen LogP) is 30.6. The van der Waals surface area contributed by atoms with E-state index < -0.39 is 0 Å². The molecule has 24 bridgehead atoms. The molecule has 27 rings (SSSR count). The molecule has 27 aliphatic rings. The number of hydrogen-bond donors (Lipinski definition) is 0. The zero-order valence-electron chi connectivity index (χ0n) is 87.0. The first kappa shape index (κ1) is 103. The molecule has 0 aromatic heterocycles. The van der Waals surface area contributed by atoms with Crippen LogP contribution in [0.5, 0.6) is 0 Å². The molecule has 10 heteroatoms. The van der Waals surface area contributed by atoms with Crippen LogP contribution in [0.1, 0.15) is 432 Å². The van der Waals surface area contributed by atoms with Crippen LogP contribution in [0.25, 0.3) is 0 Å². The third kappa shape index (κ3) is 27.2. The molecule has 17 atom stereocenters. The Hall–Kier alpha value is -0.400. The quantitative estimate of drug-likeness (QED) is 0.0741. The molecule has 17 unspecified atom stereocenters. The van der Waals surface area contributed by atoms with Gasteiger partial charge in [-0.3, -0.25) is 0 Å². The molecule has 742 valence electrons. The van der Waals surface area contributed by atoms with Crippen molar-refractivity contribution in [3.8, 4) is 0 Å². The van der Waals surface area contributed by atoms with E-state index in [1.165, 1.54) is 289 Å². The van der Waals surface area contributed by atoms with Crippen molar-refractivity contribution < 1.29 is 47.4 Å². The van der Waals surface area contributed by atoms with Crippen molar-refractivity contribution in [3.05, 3.63) is 0 Å². The molecule has 0 saturated heterocycles. The van der Waals surface area contributed by atoms with Crippen LogP contribution in [0.4, 0.5) is 0 Å². The largest absolute Gasteiger partial charge is 0.382 e. The summed E-state index contributed by atoms with van der Waals surface area (Å²) in [5, 5.41) is 0. The van der Waals surface area contributed by atoms with E-state index in [9.17, 15) is 0 Å². The lowest BCUT2D eigenvalue weighted by Crippen LogP contribution is -2.51. The molecular formula is C118H210O10. The van der Waals surface area contributed by atoms with Crippen molar-refractivity contribution in [2.75, 3.05) is 92.5 Å². The van der Waals surface area contributed by atoms with Crippen molar-refractivity contribution >= 4 is 0 Å². The van der Waals surface area contributed by atoms with E-state index in [-0.39, 0.29) is 0 Å². The fourth-order valence-corrected chi connectivity index (χ4v) is 36.5. The maximum absolute atomic E-state index is 6.04.